The van der Waals surface area contributed by atoms with Gasteiger partial charge < -0.3 is 10.1 Å². The molecule has 1 N–H and O–H groups in total. The van der Waals surface area contributed by atoms with E-state index < -0.39 is 0 Å². The molecule has 4 rings (SSSR count). The van der Waals surface area contributed by atoms with Crippen molar-refractivity contribution >= 4 is 5.91 Å². The van der Waals surface area contributed by atoms with Gasteiger partial charge in [-0.2, -0.15) is 0 Å². The van der Waals surface area contributed by atoms with Gasteiger partial charge in [0.25, 0.3) is 5.91 Å². The summed E-state index contributed by atoms with van der Waals surface area (Å²) < 4.78 is 20.0. The lowest BCUT2D eigenvalue weighted by atomic mass is 10.1. The predicted molar refractivity (Wildman–Crippen MR) is 109 cm³/mol. The van der Waals surface area contributed by atoms with Crippen molar-refractivity contribution in [3.8, 4) is 22.7 Å². The Morgan fingerprint density at radius 3 is 2.60 bits per heavy atom. The summed E-state index contributed by atoms with van der Waals surface area (Å²) >= 11 is 0. The molecule has 2 aromatic carbocycles. The number of halogens is 1. The second-order valence-corrected chi connectivity index (χ2v) is 6.44. The first-order chi connectivity index (χ1) is 14.7. The highest BCUT2D eigenvalue weighted by Crippen LogP contribution is 2.26. The van der Waals surface area contributed by atoms with Crippen LogP contribution in [0, 0.1) is 5.82 Å². The van der Waals surface area contributed by atoms with Crippen LogP contribution in [0.1, 0.15) is 16.1 Å². The third kappa shape index (κ3) is 4.02. The van der Waals surface area contributed by atoms with Gasteiger partial charge in [0.1, 0.15) is 17.3 Å². The number of ether oxygens (including phenoxy) is 1. The number of carbonyl (C=O) groups excluding carboxylic acids is 1. The van der Waals surface area contributed by atoms with Crippen LogP contribution in [0.15, 0.2) is 73.1 Å². The molecule has 0 aliphatic heterocycles. The van der Waals surface area contributed by atoms with E-state index in [2.05, 4.69) is 20.6 Å². The number of carbonyl (C=O) groups is 1. The van der Waals surface area contributed by atoms with Crippen LogP contribution >= 0.6 is 0 Å². The van der Waals surface area contributed by atoms with Gasteiger partial charge in [-0.1, -0.05) is 23.4 Å². The van der Waals surface area contributed by atoms with Gasteiger partial charge in [0.2, 0.25) is 0 Å². The van der Waals surface area contributed by atoms with Crippen LogP contribution in [0.4, 0.5) is 4.39 Å². The number of nitrogens with zero attached hydrogens (tertiary/aromatic N) is 4. The molecule has 0 atom stereocenters. The molecule has 0 saturated heterocycles. The number of benzene rings is 2. The van der Waals surface area contributed by atoms with Crippen LogP contribution in [-0.4, -0.2) is 33.0 Å². The zero-order chi connectivity index (χ0) is 20.9. The van der Waals surface area contributed by atoms with Crippen LogP contribution in [0.5, 0.6) is 5.75 Å². The summed E-state index contributed by atoms with van der Waals surface area (Å²) in [5.74, 6) is -0.0578. The minimum atomic E-state index is -0.389. The van der Waals surface area contributed by atoms with E-state index in [-0.39, 0.29) is 24.0 Å². The number of methoxy groups -OCH3 is 1. The van der Waals surface area contributed by atoms with Gasteiger partial charge in [0.15, 0.2) is 5.69 Å². The number of aromatic nitrogens is 4. The van der Waals surface area contributed by atoms with Crippen molar-refractivity contribution in [2.45, 2.75) is 6.54 Å². The monoisotopic (exact) mass is 403 g/mol. The van der Waals surface area contributed by atoms with Crippen molar-refractivity contribution in [1.29, 1.82) is 0 Å². The molecular formula is C22H18FN5O2. The average Bonchev–Trinajstić information content (AvgIpc) is 3.24. The molecule has 0 unspecified atom stereocenters. The summed E-state index contributed by atoms with van der Waals surface area (Å²) in [5, 5.41) is 11.2. The number of hydrogen-bond acceptors (Lipinski definition) is 5. The van der Waals surface area contributed by atoms with E-state index in [1.165, 1.54) is 12.1 Å². The van der Waals surface area contributed by atoms with Crippen molar-refractivity contribution < 1.29 is 13.9 Å². The van der Waals surface area contributed by atoms with Crippen LogP contribution < -0.4 is 10.1 Å². The average molecular weight is 403 g/mol. The summed E-state index contributed by atoms with van der Waals surface area (Å²) in [5.41, 5.74) is 2.92. The molecule has 2 heterocycles. The third-order valence-corrected chi connectivity index (χ3v) is 4.50. The van der Waals surface area contributed by atoms with Gasteiger partial charge in [-0.05, 0) is 42.0 Å². The first-order valence-corrected chi connectivity index (χ1v) is 9.19. The molecule has 0 radical (unpaired) electrons. The highest BCUT2D eigenvalue weighted by atomic mass is 19.1. The fourth-order valence-corrected chi connectivity index (χ4v) is 2.99. The topological polar surface area (TPSA) is 81.9 Å². The van der Waals surface area contributed by atoms with Gasteiger partial charge in [-0.15, -0.1) is 5.10 Å². The molecule has 8 heteroatoms. The molecule has 150 valence electrons. The van der Waals surface area contributed by atoms with E-state index in [1.54, 1.807) is 54.5 Å². The Morgan fingerprint density at radius 2 is 1.87 bits per heavy atom. The van der Waals surface area contributed by atoms with E-state index >= 15 is 0 Å². The van der Waals surface area contributed by atoms with Gasteiger partial charge >= 0.3 is 0 Å². The summed E-state index contributed by atoms with van der Waals surface area (Å²) in [6.07, 6.45) is 3.27. The molecule has 0 saturated carbocycles. The van der Waals surface area contributed by atoms with Crippen LogP contribution in [0.25, 0.3) is 16.9 Å². The molecular weight excluding hydrogens is 385 g/mol. The minimum Gasteiger partial charge on any atom is -0.497 e. The van der Waals surface area contributed by atoms with Crippen LogP contribution in [-0.2, 0) is 6.54 Å². The molecule has 0 spiro atoms. The Hall–Kier alpha value is -4.07. The molecule has 30 heavy (non-hydrogen) atoms. The number of amides is 1. The van der Waals surface area contributed by atoms with Crippen molar-refractivity contribution in [3.63, 3.8) is 0 Å². The molecule has 0 bridgehead atoms. The van der Waals surface area contributed by atoms with Gasteiger partial charge in [0, 0.05) is 30.6 Å². The van der Waals surface area contributed by atoms with Crippen molar-refractivity contribution in [2.24, 2.45) is 0 Å². The molecule has 1 amide bonds. The second-order valence-electron chi connectivity index (χ2n) is 6.44. The summed E-state index contributed by atoms with van der Waals surface area (Å²) in [6.45, 7) is 0.237. The zero-order valence-electron chi connectivity index (χ0n) is 16.1. The van der Waals surface area contributed by atoms with E-state index in [1.807, 2.05) is 18.2 Å². The van der Waals surface area contributed by atoms with E-state index in [0.29, 0.717) is 17.1 Å². The fourth-order valence-electron chi connectivity index (χ4n) is 2.99. The standard InChI is InChI=1S/C22H18FN5O2/c1-30-19-4-2-3-18(13-19)28-21(16-9-11-24-12-10-16)20(26-27-28)22(29)25-14-15-5-7-17(23)8-6-15/h2-13H,14H2,1H3,(H,25,29). The fraction of sp³-hybridized carbons (Fsp3) is 0.0909. The highest BCUT2D eigenvalue weighted by Gasteiger charge is 2.22. The minimum absolute atomic E-state index is 0.172. The SMILES string of the molecule is COc1cccc(-n2nnc(C(=O)NCc3ccc(F)cc3)c2-c2ccncc2)c1. The summed E-state index contributed by atoms with van der Waals surface area (Å²) in [7, 11) is 1.58. The Labute approximate surface area is 172 Å². The van der Waals surface area contributed by atoms with E-state index in [4.69, 9.17) is 4.74 Å². The second kappa shape index (κ2) is 8.52. The van der Waals surface area contributed by atoms with Crippen molar-refractivity contribution in [3.05, 3.63) is 90.1 Å². The predicted octanol–water partition coefficient (Wildman–Crippen LogP) is 3.41. The van der Waals surface area contributed by atoms with Crippen molar-refractivity contribution in [1.82, 2.24) is 25.3 Å². The smallest absolute Gasteiger partial charge is 0.274 e. The van der Waals surface area contributed by atoms with Crippen LogP contribution in [0.3, 0.4) is 0 Å². The molecule has 0 aliphatic carbocycles. The third-order valence-electron chi connectivity index (χ3n) is 4.50. The van der Waals surface area contributed by atoms with Crippen molar-refractivity contribution in [2.75, 3.05) is 7.11 Å². The molecule has 7 nitrogen and oxygen atoms in total. The molecule has 0 aliphatic rings. The Kier molecular flexibility index (Phi) is 5.47. The first kappa shape index (κ1) is 19.3. The largest absolute Gasteiger partial charge is 0.497 e. The van der Waals surface area contributed by atoms with Gasteiger partial charge in [-0.25, -0.2) is 9.07 Å². The lowest BCUT2D eigenvalue weighted by molar-refractivity contribution is 0.0946. The Morgan fingerprint density at radius 1 is 1.10 bits per heavy atom. The zero-order valence-corrected chi connectivity index (χ0v) is 16.1. The molecule has 4 aromatic rings. The summed E-state index contributed by atoms with van der Waals surface area (Å²) in [4.78, 5) is 16.9. The van der Waals surface area contributed by atoms with Gasteiger partial charge in [-0.3, -0.25) is 9.78 Å². The lowest BCUT2D eigenvalue weighted by Crippen LogP contribution is -2.24. The highest BCUT2D eigenvalue weighted by molar-refractivity contribution is 5.98. The van der Waals surface area contributed by atoms with E-state index in [9.17, 15) is 9.18 Å². The normalized spacial score (nSPS) is 10.6. The maximum Gasteiger partial charge on any atom is 0.274 e. The Balaban J connectivity index is 1.69. The van der Waals surface area contributed by atoms with Gasteiger partial charge in [0.05, 0.1) is 12.8 Å². The van der Waals surface area contributed by atoms with Crippen LogP contribution in [0.2, 0.25) is 0 Å². The molecule has 0 fully saturated rings. The Bertz CT molecular complexity index is 1160. The van der Waals surface area contributed by atoms with E-state index in [0.717, 1.165) is 11.1 Å². The number of rotatable bonds is 6. The maximum absolute atomic E-state index is 13.1. The number of hydrogen-bond donors (Lipinski definition) is 1. The summed E-state index contributed by atoms with van der Waals surface area (Å²) in [6, 6.07) is 16.8. The number of nitrogens with one attached hydrogen (secondary N) is 1. The molecule has 2 aromatic heterocycles. The lowest BCUT2D eigenvalue weighted by Gasteiger charge is -2.10. The quantitative estimate of drug-likeness (QED) is 0.534. The first-order valence-electron chi connectivity index (χ1n) is 9.19. The maximum atomic E-state index is 13.1. The number of pyridine rings is 1.